The fourth-order valence-electron chi connectivity index (χ4n) is 1.33. The number of carbonyl (C=O) groups is 1. The molecule has 0 spiro atoms. The average molecular weight is 178 g/mol. The number of hydrogen-bond donors (Lipinski definition) is 0. The van der Waals surface area contributed by atoms with E-state index in [0.717, 1.165) is 19.4 Å². The van der Waals surface area contributed by atoms with E-state index < -0.39 is 0 Å². The summed E-state index contributed by atoms with van der Waals surface area (Å²) in [5, 5.41) is 0. The van der Waals surface area contributed by atoms with Crippen molar-refractivity contribution in [3.63, 3.8) is 0 Å². The number of nitrogens with zero attached hydrogens (tertiary/aromatic N) is 1. The fraction of sp³-hybridized carbons (Fsp3) is 0.857. The van der Waals surface area contributed by atoms with Crippen LogP contribution in [0.15, 0.2) is 0 Å². The Balaban J connectivity index is 2.39. The first kappa shape index (κ1) is 8.65. The lowest BCUT2D eigenvalue weighted by molar-refractivity contribution is 0.116. The number of hydrogen-bond acceptors (Lipinski definition) is 2. The van der Waals surface area contributed by atoms with Gasteiger partial charge in [-0.05, 0) is 19.8 Å². The second-order valence-electron chi connectivity index (χ2n) is 2.70. The summed E-state index contributed by atoms with van der Waals surface area (Å²) in [6.07, 6.45) is 1.85. The van der Waals surface area contributed by atoms with Crippen LogP contribution in [0.1, 0.15) is 19.8 Å². The van der Waals surface area contributed by atoms with Crippen LogP contribution in [0.3, 0.4) is 0 Å². The first-order valence-electron chi connectivity index (χ1n) is 3.75. The molecule has 0 aromatic heterocycles. The zero-order valence-corrected chi connectivity index (χ0v) is 7.30. The predicted octanol–water partition coefficient (Wildman–Crippen LogP) is 1.80. The van der Waals surface area contributed by atoms with Crippen LogP contribution in [0.5, 0.6) is 0 Å². The molecule has 11 heavy (non-hydrogen) atoms. The Morgan fingerprint density at radius 3 is 3.00 bits per heavy atom. The van der Waals surface area contributed by atoms with Crippen molar-refractivity contribution in [3.8, 4) is 0 Å². The molecule has 0 aromatic carbocycles. The van der Waals surface area contributed by atoms with Gasteiger partial charge in [0, 0.05) is 12.6 Å². The van der Waals surface area contributed by atoms with E-state index >= 15 is 0 Å². The average Bonchev–Trinajstić information content (AvgIpc) is 2.36. The molecule has 0 aromatic rings. The lowest BCUT2D eigenvalue weighted by atomic mass is 10.2. The van der Waals surface area contributed by atoms with Gasteiger partial charge in [0.1, 0.15) is 0 Å². The van der Waals surface area contributed by atoms with Crippen LogP contribution in [0.4, 0.5) is 4.79 Å². The SMILES string of the molecule is C[C@@H]1CCCN1C(=O)OCCl. The van der Waals surface area contributed by atoms with Crippen LogP contribution in [0.2, 0.25) is 0 Å². The van der Waals surface area contributed by atoms with Crippen molar-refractivity contribution in [2.75, 3.05) is 12.6 Å². The summed E-state index contributed by atoms with van der Waals surface area (Å²) in [4.78, 5) is 12.8. The maximum absolute atomic E-state index is 11.1. The summed E-state index contributed by atoms with van der Waals surface area (Å²) in [6, 6.07) is 0.257. The maximum atomic E-state index is 11.1. The number of amides is 1. The second kappa shape index (κ2) is 3.81. The molecule has 1 amide bonds. The molecule has 64 valence electrons. The van der Waals surface area contributed by atoms with Gasteiger partial charge in [0.2, 0.25) is 0 Å². The van der Waals surface area contributed by atoms with Crippen molar-refractivity contribution < 1.29 is 9.53 Å². The number of alkyl halides is 1. The van der Waals surface area contributed by atoms with Gasteiger partial charge in [-0.2, -0.15) is 0 Å². The van der Waals surface area contributed by atoms with Crippen LogP contribution in [0, 0.1) is 0 Å². The highest BCUT2D eigenvalue weighted by molar-refractivity contribution is 6.17. The van der Waals surface area contributed by atoms with Gasteiger partial charge < -0.3 is 9.64 Å². The van der Waals surface area contributed by atoms with Crippen molar-refractivity contribution in [2.24, 2.45) is 0 Å². The third-order valence-corrected chi connectivity index (χ3v) is 2.07. The van der Waals surface area contributed by atoms with Crippen LogP contribution in [0.25, 0.3) is 0 Å². The first-order valence-corrected chi connectivity index (χ1v) is 4.28. The van der Waals surface area contributed by atoms with Gasteiger partial charge in [0.15, 0.2) is 6.07 Å². The molecule has 0 saturated carbocycles. The number of rotatable bonds is 1. The van der Waals surface area contributed by atoms with Crippen molar-refractivity contribution in [3.05, 3.63) is 0 Å². The molecule has 0 bridgehead atoms. The summed E-state index contributed by atoms with van der Waals surface area (Å²) in [7, 11) is 0. The van der Waals surface area contributed by atoms with Gasteiger partial charge in [-0.15, -0.1) is 0 Å². The summed E-state index contributed by atoms with van der Waals surface area (Å²) in [6.45, 7) is 2.82. The van der Waals surface area contributed by atoms with E-state index in [-0.39, 0.29) is 12.2 Å². The Morgan fingerprint density at radius 2 is 2.55 bits per heavy atom. The van der Waals surface area contributed by atoms with E-state index in [2.05, 4.69) is 4.74 Å². The number of carbonyl (C=O) groups excluding carboxylic acids is 1. The Morgan fingerprint density at radius 1 is 1.82 bits per heavy atom. The third kappa shape index (κ3) is 1.99. The predicted molar refractivity (Wildman–Crippen MR) is 42.6 cm³/mol. The summed E-state index contributed by atoms with van der Waals surface area (Å²) < 4.78 is 4.65. The molecule has 1 aliphatic heterocycles. The second-order valence-corrected chi connectivity index (χ2v) is 2.92. The van der Waals surface area contributed by atoms with E-state index in [1.54, 1.807) is 4.90 Å². The maximum Gasteiger partial charge on any atom is 0.411 e. The molecule has 0 unspecified atom stereocenters. The third-order valence-electron chi connectivity index (χ3n) is 1.97. The van der Waals surface area contributed by atoms with Gasteiger partial charge in [-0.25, -0.2) is 4.79 Å². The molecule has 1 atom stereocenters. The van der Waals surface area contributed by atoms with Gasteiger partial charge in [0.25, 0.3) is 0 Å². The molecule has 0 N–H and O–H groups in total. The monoisotopic (exact) mass is 177 g/mol. The van der Waals surface area contributed by atoms with Crippen molar-refractivity contribution in [1.82, 2.24) is 4.90 Å². The molecule has 0 aliphatic carbocycles. The van der Waals surface area contributed by atoms with E-state index in [1.165, 1.54) is 0 Å². The smallest absolute Gasteiger partial charge is 0.411 e. The standard InChI is InChI=1S/C7H12ClNO2/c1-6-3-2-4-9(6)7(10)11-5-8/h6H,2-5H2,1H3/t6-/m1/s1. The molecular formula is C7H12ClNO2. The highest BCUT2D eigenvalue weighted by Gasteiger charge is 2.25. The molecule has 1 fully saturated rings. The van der Waals surface area contributed by atoms with Crippen LogP contribution in [-0.4, -0.2) is 29.6 Å². The van der Waals surface area contributed by atoms with Crippen LogP contribution < -0.4 is 0 Å². The minimum Gasteiger partial charge on any atom is -0.433 e. The molecule has 1 rings (SSSR count). The number of ether oxygens (including phenoxy) is 1. The number of likely N-dealkylation sites (tertiary alicyclic amines) is 1. The van der Waals surface area contributed by atoms with Gasteiger partial charge in [-0.1, -0.05) is 11.6 Å². The Hall–Kier alpha value is -0.440. The quantitative estimate of drug-likeness (QED) is 0.572. The summed E-state index contributed by atoms with van der Waals surface area (Å²) >= 11 is 5.25. The van der Waals surface area contributed by atoms with Crippen LogP contribution >= 0.6 is 11.6 Å². The van der Waals surface area contributed by atoms with E-state index in [4.69, 9.17) is 11.6 Å². The molecule has 3 nitrogen and oxygen atoms in total. The molecule has 4 heteroatoms. The molecule has 0 radical (unpaired) electrons. The minimum atomic E-state index is -0.287. The molecular weight excluding hydrogens is 166 g/mol. The molecule has 1 aliphatic rings. The van der Waals surface area contributed by atoms with E-state index in [1.807, 2.05) is 6.92 Å². The van der Waals surface area contributed by atoms with Gasteiger partial charge in [0.05, 0.1) is 0 Å². The number of halogens is 1. The van der Waals surface area contributed by atoms with Crippen molar-refractivity contribution >= 4 is 17.7 Å². The van der Waals surface area contributed by atoms with Crippen molar-refractivity contribution in [1.29, 1.82) is 0 Å². The van der Waals surface area contributed by atoms with Gasteiger partial charge in [-0.3, -0.25) is 0 Å². The molecule has 1 saturated heterocycles. The highest BCUT2D eigenvalue weighted by atomic mass is 35.5. The fourth-order valence-corrected chi connectivity index (χ4v) is 1.43. The van der Waals surface area contributed by atoms with E-state index in [0.29, 0.717) is 6.04 Å². The van der Waals surface area contributed by atoms with Gasteiger partial charge >= 0.3 is 6.09 Å². The lowest BCUT2D eigenvalue weighted by Crippen LogP contribution is -2.33. The largest absolute Gasteiger partial charge is 0.433 e. The topological polar surface area (TPSA) is 29.5 Å². The summed E-state index contributed by atoms with van der Waals surface area (Å²) in [5.74, 6) is 0. The van der Waals surface area contributed by atoms with Crippen LogP contribution in [-0.2, 0) is 4.74 Å². The lowest BCUT2D eigenvalue weighted by Gasteiger charge is -2.19. The first-order chi connectivity index (χ1) is 5.25. The zero-order chi connectivity index (χ0) is 8.27. The van der Waals surface area contributed by atoms with Crippen molar-refractivity contribution in [2.45, 2.75) is 25.8 Å². The summed E-state index contributed by atoms with van der Waals surface area (Å²) in [5.41, 5.74) is 0. The normalized spacial score (nSPS) is 23.8. The van der Waals surface area contributed by atoms with E-state index in [9.17, 15) is 4.79 Å². The molecule has 1 heterocycles. The Bertz CT molecular complexity index is 151. The highest BCUT2D eigenvalue weighted by Crippen LogP contribution is 2.17. The minimum absolute atomic E-state index is 0.0535. The Kier molecular flexibility index (Phi) is 3.00. The zero-order valence-electron chi connectivity index (χ0n) is 6.55. The Labute approximate surface area is 71.3 Å².